The van der Waals surface area contributed by atoms with E-state index in [1.54, 1.807) is 0 Å². The van der Waals surface area contributed by atoms with Crippen LogP contribution in [0.3, 0.4) is 0 Å². The summed E-state index contributed by atoms with van der Waals surface area (Å²) in [7, 11) is 1.99. The summed E-state index contributed by atoms with van der Waals surface area (Å²) in [5.74, 6) is -0.768. The van der Waals surface area contributed by atoms with Crippen LogP contribution >= 0.6 is 0 Å². The van der Waals surface area contributed by atoms with Crippen LogP contribution in [0.4, 0.5) is 4.39 Å². The minimum Gasteiger partial charge on any atom is -0.347 e. The highest BCUT2D eigenvalue weighted by Gasteiger charge is 2.24. The van der Waals surface area contributed by atoms with Crippen molar-refractivity contribution in [1.82, 2.24) is 15.2 Å². The molecular formula is C10H12FN3O. The Hall–Kier alpha value is -1.49. The van der Waals surface area contributed by atoms with Gasteiger partial charge in [0.05, 0.1) is 11.6 Å². The fourth-order valence-electron chi connectivity index (χ4n) is 1.57. The molecule has 1 amide bonds. The van der Waals surface area contributed by atoms with E-state index in [0.29, 0.717) is 5.56 Å². The topological polar surface area (TPSA) is 45.2 Å². The molecule has 1 N–H and O–H groups in total. The van der Waals surface area contributed by atoms with E-state index in [1.807, 2.05) is 7.05 Å². The van der Waals surface area contributed by atoms with Crippen molar-refractivity contribution in [3.8, 4) is 0 Å². The van der Waals surface area contributed by atoms with Gasteiger partial charge in [-0.05, 0) is 19.2 Å². The lowest BCUT2D eigenvalue weighted by Gasteiger charge is -2.36. The Bertz CT molecular complexity index is 359. The Morgan fingerprint density at radius 1 is 1.60 bits per heavy atom. The monoisotopic (exact) mass is 209 g/mol. The number of aromatic nitrogens is 1. The van der Waals surface area contributed by atoms with Crippen molar-refractivity contribution >= 4 is 5.91 Å². The number of likely N-dealkylation sites (tertiary alicyclic amines) is 1. The van der Waals surface area contributed by atoms with Crippen LogP contribution in [0.15, 0.2) is 18.3 Å². The number of hydrogen-bond donors (Lipinski definition) is 1. The van der Waals surface area contributed by atoms with Crippen molar-refractivity contribution in [3.05, 3.63) is 29.8 Å². The molecule has 1 aliphatic rings. The Morgan fingerprint density at radius 2 is 2.33 bits per heavy atom. The molecule has 2 rings (SSSR count). The molecule has 0 unspecified atom stereocenters. The van der Waals surface area contributed by atoms with Crippen molar-refractivity contribution in [2.75, 3.05) is 20.1 Å². The third kappa shape index (κ3) is 2.30. The SMILES string of the molecule is CN1CC(NC(=O)c2ccc(F)nc2)C1. The molecule has 1 fully saturated rings. The third-order valence-corrected chi connectivity index (χ3v) is 2.39. The van der Waals surface area contributed by atoms with Gasteiger partial charge in [0.2, 0.25) is 5.95 Å². The van der Waals surface area contributed by atoms with Crippen LogP contribution in [0.25, 0.3) is 0 Å². The van der Waals surface area contributed by atoms with E-state index >= 15 is 0 Å². The number of nitrogens with one attached hydrogen (secondary N) is 1. The van der Waals surface area contributed by atoms with E-state index in [4.69, 9.17) is 0 Å². The highest BCUT2D eigenvalue weighted by Crippen LogP contribution is 2.05. The van der Waals surface area contributed by atoms with Crippen molar-refractivity contribution in [2.24, 2.45) is 0 Å². The first-order valence-corrected chi connectivity index (χ1v) is 4.76. The average molecular weight is 209 g/mol. The van der Waals surface area contributed by atoms with Gasteiger partial charge in [-0.15, -0.1) is 0 Å². The average Bonchev–Trinajstić information content (AvgIpc) is 2.16. The first-order valence-electron chi connectivity index (χ1n) is 4.76. The second kappa shape index (κ2) is 3.94. The maximum absolute atomic E-state index is 12.5. The van der Waals surface area contributed by atoms with Crippen LogP contribution in [0, 0.1) is 5.95 Å². The summed E-state index contributed by atoms with van der Waals surface area (Å²) < 4.78 is 12.5. The van der Waals surface area contributed by atoms with Gasteiger partial charge in [0.25, 0.3) is 5.91 Å². The maximum atomic E-state index is 12.5. The molecule has 0 saturated carbocycles. The van der Waals surface area contributed by atoms with Gasteiger partial charge in [-0.1, -0.05) is 0 Å². The number of hydrogen-bond acceptors (Lipinski definition) is 3. The van der Waals surface area contributed by atoms with Crippen LogP contribution in [0.2, 0.25) is 0 Å². The van der Waals surface area contributed by atoms with E-state index < -0.39 is 5.95 Å². The zero-order chi connectivity index (χ0) is 10.8. The van der Waals surface area contributed by atoms with E-state index in [9.17, 15) is 9.18 Å². The molecular weight excluding hydrogens is 197 g/mol. The molecule has 1 aromatic heterocycles. The number of pyridine rings is 1. The summed E-state index contributed by atoms with van der Waals surface area (Å²) in [5, 5.41) is 2.84. The molecule has 0 radical (unpaired) electrons. The number of rotatable bonds is 2. The number of amides is 1. The number of nitrogens with zero attached hydrogens (tertiary/aromatic N) is 2. The van der Waals surface area contributed by atoms with Crippen molar-refractivity contribution in [3.63, 3.8) is 0 Å². The molecule has 1 aliphatic heterocycles. The van der Waals surface area contributed by atoms with Gasteiger partial charge in [-0.25, -0.2) is 4.98 Å². The lowest BCUT2D eigenvalue weighted by Crippen LogP contribution is -2.57. The van der Waals surface area contributed by atoms with E-state index in [0.717, 1.165) is 13.1 Å². The Morgan fingerprint density at radius 3 is 2.87 bits per heavy atom. The molecule has 0 spiro atoms. The molecule has 80 valence electrons. The second-order valence-electron chi connectivity index (χ2n) is 3.76. The van der Waals surface area contributed by atoms with E-state index in [2.05, 4.69) is 15.2 Å². The normalized spacial score (nSPS) is 17.2. The molecule has 5 heteroatoms. The van der Waals surface area contributed by atoms with Gasteiger partial charge in [0.1, 0.15) is 0 Å². The summed E-state index contributed by atoms with van der Waals surface area (Å²) >= 11 is 0. The predicted molar refractivity (Wildman–Crippen MR) is 52.9 cm³/mol. The quantitative estimate of drug-likeness (QED) is 0.711. The summed E-state index contributed by atoms with van der Waals surface area (Å²) in [6.07, 6.45) is 1.24. The first kappa shape index (κ1) is 10.0. The zero-order valence-corrected chi connectivity index (χ0v) is 8.40. The van der Waals surface area contributed by atoms with Gasteiger partial charge in [0, 0.05) is 19.3 Å². The van der Waals surface area contributed by atoms with E-state index in [-0.39, 0.29) is 11.9 Å². The molecule has 0 bridgehead atoms. The standard InChI is InChI=1S/C10H12FN3O/c1-14-5-8(6-14)13-10(15)7-2-3-9(11)12-4-7/h2-4,8H,5-6H2,1H3,(H,13,15). The van der Waals surface area contributed by atoms with Gasteiger partial charge in [0.15, 0.2) is 0 Å². The highest BCUT2D eigenvalue weighted by atomic mass is 19.1. The number of carbonyl (C=O) groups excluding carboxylic acids is 1. The van der Waals surface area contributed by atoms with Crippen molar-refractivity contribution in [1.29, 1.82) is 0 Å². The largest absolute Gasteiger partial charge is 0.347 e. The maximum Gasteiger partial charge on any atom is 0.253 e. The highest BCUT2D eigenvalue weighted by molar-refractivity contribution is 5.94. The summed E-state index contributed by atoms with van der Waals surface area (Å²) in [6, 6.07) is 2.81. The lowest BCUT2D eigenvalue weighted by molar-refractivity contribution is 0.0857. The summed E-state index contributed by atoms with van der Waals surface area (Å²) in [4.78, 5) is 17.1. The fraction of sp³-hybridized carbons (Fsp3) is 0.400. The minimum atomic E-state index is -0.574. The van der Waals surface area contributed by atoms with Crippen molar-refractivity contribution < 1.29 is 9.18 Å². The molecule has 0 aliphatic carbocycles. The van der Waals surface area contributed by atoms with Crippen molar-refractivity contribution in [2.45, 2.75) is 6.04 Å². The first-order chi connectivity index (χ1) is 7.15. The Balaban J connectivity index is 1.93. The molecule has 4 nitrogen and oxygen atoms in total. The molecule has 15 heavy (non-hydrogen) atoms. The smallest absolute Gasteiger partial charge is 0.253 e. The van der Waals surface area contributed by atoms with Gasteiger partial charge < -0.3 is 10.2 Å². The van der Waals surface area contributed by atoms with Crippen LogP contribution in [0.1, 0.15) is 10.4 Å². The Kier molecular flexibility index (Phi) is 2.64. The van der Waals surface area contributed by atoms with Gasteiger partial charge in [-0.2, -0.15) is 4.39 Å². The van der Waals surface area contributed by atoms with Crippen LogP contribution < -0.4 is 5.32 Å². The van der Waals surface area contributed by atoms with Crippen LogP contribution in [0.5, 0.6) is 0 Å². The van der Waals surface area contributed by atoms with Gasteiger partial charge >= 0.3 is 0 Å². The van der Waals surface area contributed by atoms with E-state index in [1.165, 1.54) is 18.3 Å². The summed E-state index contributed by atoms with van der Waals surface area (Å²) in [6.45, 7) is 1.72. The number of carbonyl (C=O) groups is 1. The number of likely N-dealkylation sites (N-methyl/N-ethyl adjacent to an activating group) is 1. The van der Waals surface area contributed by atoms with Crippen LogP contribution in [-0.2, 0) is 0 Å². The number of halogens is 1. The molecule has 1 saturated heterocycles. The molecule has 2 heterocycles. The molecule has 0 atom stereocenters. The predicted octanol–water partition coefficient (Wildman–Crippen LogP) is 0.264. The summed E-state index contributed by atoms with van der Waals surface area (Å²) in [5.41, 5.74) is 0.394. The van der Waals surface area contributed by atoms with Gasteiger partial charge in [-0.3, -0.25) is 4.79 Å². The lowest BCUT2D eigenvalue weighted by atomic mass is 10.1. The Labute approximate surface area is 87.1 Å². The zero-order valence-electron chi connectivity index (χ0n) is 8.40. The fourth-order valence-corrected chi connectivity index (χ4v) is 1.57. The third-order valence-electron chi connectivity index (χ3n) is 2.39. The van der Waals surface area contributed by atoms with Crippen LogP contribution in [-0.4, -0.2) is 42.0 Å². The minimum absolute atomic E-state index is 0.194. The molecule has 1 aromatic rings. The molecule has 0 aromatic carbocycles. The second-order valence-corrected chi connectivity index (χ2v) is 3.76.